The summed E-state index contributed by atoms with van der Waals surface area (Å²) in [7, 11) is 3.64. The van der Waals surface area contributed by atoms with Gasteiger partial charge in [0.15, 0.2) is 0 Å². The van der Waals surface area contributed by atoms with Crippen molar-refractivity contribution in [2.75, 3.05) is 20.8 Å². The van der Waals surface area contributed by atoms with E-state index in [0.717, 1.165) is 29.8 Å². The van der Waals surface area contributed by atoms with Gasteiger partial charge < -0.3 is 14.8 Å². The predicted molar refractivity (Wildman–Crippen MR) is 73.5 cm³/mol. The van der Waals surface area contributed by atoms with E-state index in [4.69, 9.17) is 9.47 Å². The number of hydrogen-bond donors (Lipinski definition) is 1. The molecule has 1 atom stereocenters. The third kappa shape index (κ3) is 5.06. The Kier molecular flexibility index (Phi) is 6.55. The number of benzene rings is 1. The van der Waals surface area contributed by atoms with Crippen molar-refractivity contribution in [3.05, 3.63) is 28.2 Å². The standard InChI is InChI=1S/C13H20BrNO2/c1-10(6-7-16-3)17-13-5-4-11(9-15-2)8-12(13)14/h4-5,8,10,15H,6-7,9H2,1-3H3. The number of halogens is 1. The fraction of sp³-hybridized carbons (Fsp3) is 0.538. The predicted octanol–water partition coefficient (Wildman–Crippen LogP) is 2.97. The number of ether oxygens (including phenoxy) is 2. The van der Waals surface area contributed by atoms with E-state index in [1.165, 1.54) is 5.56 Å². The van der Waals surface area contributed by atoms with Crippen LogP contribution < -0.4 is 10.1 Å². The highest BCUT2D eigenvalue weighted by Gasteiger charge is 2.07. The molecule has 0 bridgehead atoms. The van der Waals surface area contributed by atoms with E-state index in [1.54, 1.807) is 7.11 Å². The molecule has 1 aromatic rings. The first-order valence-corrected chi connectivity index (χ1v) is 6.55. The molecule has 0 spiro atoms. The summed E-state index contributed by atoms with van der Waals surface area (Å²) in [6.07, 6.45) is 1.04. The molecule has 0 amide bonds. The van der Waals surface area contributed by atoms with E-state index in [2.05, 4.69) is 33.4 Å². The fourth-order valence-corrected chi connectivity index (χ4v) is 2.03. The van der Waals surface area contributed by atoms with Gasteiger partial charge in [0.25, 0.3) is 0 Å². The second-order valence-corrected chi connectivity index (χ2v) is 4.86. The van der Waals surface area contributed by atoms with Crippen LogP contribution >= 0.6 is 15.9 Å². The summed E-state index contributed by atoms with van der Waals surface area (Å²) in [5, 5.41) is 3.12. The molecule has 0 aliphatic heterocycles. The summed E-state index contributed by atoms with van der Waals surface area (Å²) in [6.45, 7) is 3.63. The minimum atomic E-state index is 0.154. The Labute approximate surface area is 112 Å². The first-order chi connectivity index (χ1) is 8.17. The molecular weight excluding hydrogens is 282 g/mol. The van der Waals surface area contributed by atoms with E-state index < -0.39 is 0 Å². The van der Waals surface area contributed by atoms with Crippen molar-refractivity contribution >= 4 is 15.9 Å². The highest BCUT2D eigenvalue weighted by molar-refractivity contribution is 9.10. The van der Waals surface area contributed by atoms with Crippen molar-refractivity contribution in [3.63, 3.8) is 0 Å². The molecule has 17 heavy (non-hydrogen) atoms. The Hall–Kier alpha value is -0.580. The third-order valence-electron chi connectivity index (χ3n) is 2.43. The zero-order valence-electron chi connectivity index (χ0n) is 10.6. The highest BCUT2D eigenvalue weighted by Crippen LogP contribution is 2.27. The summed E-state index contributed by atoms with van der Waals surface area (Å²) in [5.41, 5.74) is 1.23. The normalized spacial score (nSPS) is 12.5. The molecule has 3 nitrogen and oxygen atoms in total. The lowest BCUT2D eigenvalue weighted by Gasteiger charge is -2.16. The molecule has 0 saturated carbocycles. The van der Waals surface area contributed by atoms with Crippen LogP contribution in [0.3, 0.4) is 0 Å². The zero-order valence-corrected chi connectivity index (χ0v) is 12.2. The van der Waals surface area contributed by atoms with Gasteiger partial charge in [-0.1, -0.05) is 6.07 Å². The fourth-order valence-electron chi connectivity index (χ4n) is 1.51. The molecule has 1 N–H and O–H groups in total. The van der Waals surface area contributed by atoms with Gasteiger partial charge in [0, 0.05) is 26.7 Å². The summed E-state index contributed by atoms with van der Waals surface area (Å²) in [4.78, 5) is 0. The lowest BCUT2D eigenvalue weighted by atomic mass is 10.2. The van der Waals surface area contributed by atoms with Crippen LogP contribution in [0.1, 0.15) is 18.9 Å². The van der Waals surface area contributed by atoms with Crippen LogP contribution in [0.2, 0.25) is 0 Å². The molecule has 1 aromatic carbocycles. The van der Waals surface area contributed by atoms with Crippen LogP contribution in [0.25, 0.3) is 0 Å². The molecule has 0 aliphatic rings. The Morgan fingerprint density at radius 1 is 1.41 bits per heavy atom. The average molecular weight is 302 g/mol. The van der Waals surface area contributed by atoms with E-state index in [9.17, 15) is 0 Å². The summed E-state index contributed by atoms with van der Waals surface area (Å²) in [6, 6.07) is 6.15. The molecule has 0 radical (unpaired) electrons. The molecule has 0 aromatic heterocycles. The van der Waals surface area contributed by atoms with E-state index >= 15 is 0 Å². The highest BCUT2D eigenvalue weighted by atomic mass is 79.9. The van der Waals surface area contributed by atoms with Gasteiger partial charge in [0.2, 0.25) is 0 Å². The number of nitrogens with one attached hydrogen (secondary N) is 1. The second kappa shape index (κ2) is 7.69. The van der Waals surface area contributed by atoms with Gasteiger partial charge >= 0.3 is 0 Å². The topological polar surface area (TPSA) is 30.5 Å². The lowest BCUT2D eigenvalue weighted by molar-refractivity contribution is 0.134. The Morgan fingerprint density at radius 2 is 2.18 bits per heavy atom. The largest absolute Gasteiger partial charge is 0.489 e. The Bertz CT molecular complexity index is 344. The van der Waals surface area contributed by atoms with Gasteiger partial charge in [-0.05, 0) is 47.6 Å². The van der Waals surface area contributed by atoms with Crippen LogP contribution in [0.5, 0.6) is 5.75 Å². The zero-order chi connectivity index (χ0) is 12.7. The van der Waals surface area contributed by atoms with Gasteiger partial charge in [-0.2, -0.15) is 0 Å². The maximum absolute atomic E-state index is 5.83. The van der Waals surface area contributed by atoms with Crippen molar-refractivity contribution in [3.8, 4) is 5.75 Å². The SMILES string of the molecule is CNCc1ccc(OC(C)CCOC)c(Br)c1. The van der Waals surface area contributed by atoms with Crippen molar-refractivity contribution in [2.24, 2.45) is 0 Å². The van der Waals surface area contributed by atoms with Crippen LogP contribution in [-0.2, 0) is 11.3 Å². The van der Waals surface area contributed by atoms with Crippen LogP contribution in [0, 0.1) is 0 Å². The monoisotopic (exact) mass is 301 g/mol. The molecule has 96 valence electrons. The van der Waals surface area contributed by atoms with Crippen molar-refractivity contribution in [2.45, 2.75) is 26.0 Å². The lowest BCUT2D eigenvalue weighted by Crippen LogP contribution is -2.14. The van der Waals surface area contributed by atoms with E-state index in [0.29, 0.717) is 0 Å². The Balaban J connectivity index is 2.59. The first-order valence-electron chi connectivity index (χ1n) is 5.76. The smallest absolute Gasteiger partial charge is 0.133 e. The van der Waals surface area contributed by atoms with Gasteiger partial charge in [0.05, 0.1) is 10.6 Å². The van der Waals surface area contributed by atoms with Crippen molar-refractivity contribution in [1.82, 2.24) is 5.32 Å². The first kappa shape index (κ1) is 14.5. The minimum absolute atomic E-state index is 0.154. The van der Waals surface area contributed by atoms with Crippen LogP contribution in [0.4, 0.5) is 0 Å². The Morgan fingerprint density at radius 3 is 2.76 bits per heavy atom. The van der Waals surface area contributed by atoms with Gasteiger partial charge in [-0.15, -0.1) is 0 Å². The van der Waals surface area contributed by atoms with E-state index in [1.807, 2.05) is 20.0 Å². The number of methoxy groups -OCH3 is 1. The van der Waals surface area contributed by atoms with Crippen molar-refractivity contribution < 1.29 is 9.47 Å². The van der Waals surface area contributed by atoms with Gasteiger partial charge in [-0.3, -0.25) is 0 Å². The van der Waals surface area contributed by atoms with Crippen LogP contribution in [0.15, 0.2) is 22.7 Å². The van der Waals surface area contributed by atoms with Crippen molar-refractivity contribution in [1.29, 1.82) is 0 Å². The maximum atomic E-state index is 5.83. The molecule has 0 heterocycles. The van der Waals surface area contributed by atoms with E-state index in [-0.39, 0.29) is 6.10 Å². The maximum Gasteiger partial charge on any atom is 0.133 e. The molecule has 0 aliphatic carbocycles. The quantitative estimate of drug-likeness (QED) is 0.840. The third-order valence-corrected chi connectivity index (χ3v) is 3.05. The number of hydrogen-bond acceptors (Lipinski definition) is 3. The summed E-state index contributed by atoms with van der Waals surface area (Å²) < 4.78 is 11.9. The molecular formula is C13H20BrNO2. The van der Waals surface area contributed by atoms with Gasteiger partial charge in [-0.25, -0.2) is 0 Å². The average Bonchev–Trinajstić information content (AvgIpc) is 2.30. The molecule has 4 heteroatoms. The number of rotatable bonds is 7. The van der Waals surface area contributed by atoms with Crippen LogP contribution in [-0.4, -0.2) is 26.9 Å². The molecule has 1 unspecified atom stereocenters. The van der Waals surface area contributed by atoms with Gasteiger partial charge in [0.1, 0.15) is 5.75 Å². The minimum Gasteiger partial charge on any atom is -0.489 e. The second-order valence-electron chi connectivity index (χ2n) is 4.01. The summed E-state index contributed by atoms with van der Waals surface area (Å²) >= 11 is 3.53. The summed E-state index contributed by atoms with van der Waals surface area (Å²) in [5.74, 6) is 0.883. The molecule has 1 rings (SSSR count). The molecule has 0 fully saturated rings. The molecule has 0 saturated heterocycles.